The monoisotopic (exact) mass is 318 g/mol. The summed E-state index contributed by atoms with van der Waals surface area (Å²) in [5.74, 6) is 0.870. The molecule has 4 heteroatoms. The maximum Gasteiger partial charge on any atom is 0.236 e. The van der Waals surface area contributed by atoms with Gasteiger partial charge in [0.1, 0.15) is 0 Å². The van der Waals surface area contributed by atoms with Gasteiger partial charge in [-0.05, 0) is 38.2 Å². The minimum absolute atomic E-state index is 0.234. The molecule has 1 aliphatic rings. The number of carbonyl (C=O) groups excluding carboxylic acids is 1. The summed E-state index contributed by atoms with van der Waals surface area (Å²) < 4.78 is 5.46. The quantitative estimate of drug-likeness (QED) is 0.739. The summed E-state index contributed by atoms with van der Waals surface area (Å²) in [6.45, 7) is 9.69. The number of amides is 1. The zero-order valence-corrected chi connectivity index (χ0v) is 14.5. The van der Waals surface area contributed by atoms with Gasteiger partial charge < -0.3 is 9.64 Å². The number of hydrogen-bond donors (Lipinski definition) is 0. The Morgan fingerprint density at radius 1 is 1.13 bits per heavy atom. The lowest BCUT2D eigenvalue weighted by atomic mass is 9.99. The van der Waals surface area contributed by atoms with Crippen LogP contribution in [0, 0.1) is 5.92 Å². The maximum absolute atomic E-state index is 12.5. The predicted molar refractivity (Wildman–Crippen MR) is 93.2 cm³/mol. The third kappa shape index (κ3) is 5.96. The van der Waals surface area contributed by atoms with E-state index in [4.69, 9.17) is 4.74 Å². The van der Waals surface area contributed by atoms with Crippen LogP contribution in [0.3, 0.4) is 0 Å². The van der Waals surface area contributed by atoms with Crippen molar-refractivity contribution in [3.8, 4) is 0 Å². The Kier molecular flexibility index (Phi) is 7.56. The lowest BCUT2D eigenvalue weighted by Gasteiger charge is -2.31. The molecular weight excluding hydrogens is 288 g/mol. The molecule has 1 aliphatic heterocycles. The second-order valence-electron chi connectivity index (χ2n) is 6.28. The van der Waals surface area contributed by atoms with Crippen LogP contribution in [-0.2, 0) is 16.1 Å². The van der Waals surface area contributed by atoms with Gasteiger partial charge in [-0.25, -0.2) is 0 Å². The molecule has 0 aliphatic carbocycles. The van der Waals surface area contributed by atoms with Crippen molar-refractivity contribution in [3.63, 3.8) is 0 Å². The average molecular weight is 318 g/mol. The molecule has 1 fully saturated rings. The van der Waals surface area contributed by atoms with E-state index < -0.39 is 0 Å². The molecule has 2 rings (SSSR count). The second-order valence-corrected chi connectivity index (χ2v) is 6.28. The molecule has 1 saturated heterocycles. The summed E-state index contributed by atoms with van der Waals surface area (Å²) in [5, 5.41) is 0. The van der Waals surface area contributed by atoms with Gasteiger partial charge in [0.25, 0.3) is 0 Å². The fourth-order valence-corrected chi connectivity index (χ4v) is 3.19. The second kappa shape index (κ2) is 9.68. The molecule has 0 bridgehead atoms. The first-order chi connectivity index (χ1) is 11.2. The summed E-state index contributed by atoms with van der Waals surface area (Å²) >= 11 is 0. The van der Waals surface area contributed by atoms with Crippen molar-refractivity contribution < 1.29 is 9.53 Å². The highest BCUT2D eigenvalue weighted by atomic mass is 16.5. The molecule has 23 heavy (non-hydrogen) atoms. The van der Waals surface area contributed by atoms with Crippen LogP contribution >= 0.6 is 0 Å². The predicted octanol–water partition coefficient (Wildman–Crippen LogP) is 2.78. The molecule has 0 atom stereocenters. The van der Waals surface area contributed by atoms with E-state index >= 15 is 0 Å². The van der Waals surface area contributed by atoms with Gasteiger partial charge in [-0.1, -0.05) is 30.3 Å². The number of carbonyl (C=O) groups is 1. The summed E-state index contributed by atoms with van der Waals surface area (Å²) in [5.41, 5.74) is 1.27. The van der Waals surface area contributed by atoms with Gasteiger partial charge in [-0.2, -0.15) is 0 Å². The van der Waals surface area contributed by atoms with Gasteiger partial charge >= 0.3 is 0 Å². The maximum atomic E-state index is 12.5. The van der Waals surface area contributed by atoms with E-state index in [1.54, 1.807) is 0 Å². The lowest BCUT2D eigenvalue weighted by Crippen LogP contribution is -2.42. The summed E-state index contributed by atoms with van der Waals surface area (Å²) in [4.78, 5) is 16.7. The van der Waals surface area contributed by atoms with E-state index in [0.29, 0.717) is 12.5 Å². The molecule has 128 valence electrons. The van der Waals surface area contributed by atoms with Crippen LogP contribution in [0.2, 0.25) is 0 Å². The smallest absolute Gasteiger partial charge is 0.236 e. The highest BCUT2D eigenvalue weighted by Gasteiger charge is 2.21. The van der Waals surface area contributed by atoms with Crippen LogP contribution in [-0.4, -0.2) is 55.1 Å². The van der Waals surface area contributed by atoms with E-state index in [2.05, 4.69) is 29.2 Å². The zero-order valence-electron chi connectivity index (χ0n) is 14.5. The Labute approximate surface area is 140 Å². The molecule has 0 spiro atoms. The molecule has 1 aromatic rings. The number of hydrogen-bond acceptors (Lipinski definition) is 3. The molecule has 0 radical (unpaired) electrons. The average Bonchev–Trinajstić information content (AvgIpc) is 2.57. The molecule has 1 amide bonds. The fourth-order valence-electron chi connectivity index (χ4n) is 3.19. The Morgan fingerprint density at radius 3 is 2.39 bits per heavy atom. The number of rotatable bonds is 8. The zero-order chi connectivity index (χ0) is 16.5. The Balaban J connectivity index is 1.99. The van der Waals surface area contributed by atoms with Crippen molar-refractivity contribution in [1.29, 1.82) is 0 Å². The summed E-state index contributed by atoms with van der Waals surface area (Å²) in [7, 11) is 0. The third-order valence-electron chi connectivity index (χ3n) is 4.58. The van der Waals surface area contributed by atoms with E-state index in [1.807, 2.05) is 24.8 Å². The lowest BCUT2D eigenvalue weighted by molar-refractivity contribution is -0.132. The Morgan fingerprint density at radius 2 is 1.78 bits per heavy atom. The van der Waals surface area contributed by atoms with Crippen molar-refractivity contribution >= 4 is 5.91 Å². The van der Waals surface area contributed by atoms with Crippen LogP contribution in [0.15, 0.2) is 30.3 Å². The highest BCUT2D eigenvalue weighted by molar-refractivity contribution is 5.78. The van der Waals surface area contributed by atoms with Crippen LogP contribution in [0.5, 0.6) is 0 Å². The van der Waals surface area contributed by atoms with Crippen LogP contribution < -0.4 is 0 Å². The van der Waals surface area contributed by atoms with Crippen LogP contribution in [0.4, 0.5) is 0 Å². The SMILES string of the molecule is CCN(CC)C(=O)CN(Cc1ccccc1)CC1CCOCC1. The third-order valence-corrected chi connectivity index (χ3v) is 4.58. The molecule has 1 aromatic carbocycles. The largest absolute Gasteiger partial charge is 0.381 e. The minimum Gasteiger partial charge on any atom is -0.381 e. The van der Waals surface area contributed by atoms with E-state index in [0.717, 1.165) is 52.2 Å². The minimum atomic E-state index is 0.234. The molecule has 0 N–H and O–H groups in total. The summed E-state index contributed by atoms with van der Waals surface area (Å²) in [6.07, 6.45) is 2.20. The molecule has 0 aromatic heterocycles. The van der Waals surface area contributed by atoms with Gasteiger partial charge in [-0.3, -0.25) is 9.69 Å². The number of likely N-dealkylation sites (N-methyl/N-ethyl adjacent to an activating group) is 1. The molecule has 0 unspecified atom stereocenters. The first-order valence-corrected chi connectivity index (χ1v) is 8.84. The van der Waals surface area contributed by atoms with E-state index in [9.17, 15) is 4.79 Å². The summed E-state index contributed by atoms with van der Waals surface area (Å²) in [6, 6.07) is 10.4. The first kappa shape index (κ1) is 18.0. The van der Waals surface area contributed by atoms with Crippen molar-refractivity contribution in [2.24, 2.45) is 5.92 Å². The van der Waals surface area contributed by atoms with Crippen molar-refractivity contribution in [3.05, 3.63) is 35.9 Å². The molecule has 1 heterocycles. The topological polar surface area (TPSA) is 32.8 Å². The number of nitrogens with zero attached hydrogens (tertiary/aromatic N) is 2. The first-order valence-electron chi connectivity index (χ1n) is 8.84. The van der Waals surface area contributed by atoms with E-state index in [-0.39, 0.29) is 5.91 Å². The Hall–Kier alpha value is -1.39. The van der Waals surface area contributed by atoms with Gasteiger partial charge in [0.05, 0.1) is 6.54 Å². The van der Waals surface area contributed by atoms with Crippen molar-refractivity contribution in [2.75, 3.05) is 39.4 Å². The molecule has 4 nitrogen and oxygen atoms in total. The number of benzene rings is 1. The molecule has 0 saturated carbocycles. The number of ether oxygens (including phenoxy) is 1. The van der Waals surface area contributed by atoms with Gasteiger partial charge in [0.15, 0.2) is 0 Å². The van der Waals surface area contributed by atoms with Gasteiger partial charge in [0.2, 0.25) is 5.91 Å². The molecular formula is C19H30N2O2. The van der Waals surface area contributed by atoms with Crippen LogP contribution in [0.25, 0.3) is 0 Å². The highest BCUT2D eigenvalue weighted by Crippen LogP contribution is 2.17. The van der Waals surface area contributed by atoms with Crippen LogP contribution in [0.1, 0.15) is 32.3 Å². The standard InChI is InChI=1S/C19H30N2O2/c1-3-21(4-2)19(22)16-20(14-17-8-6-5-7-9-17)15-18-10-12-23-13-11-18/h5-9,18H,3-4,10-16H2,1-2H3. The normalized spacial score (nSPS) is 15.8. The van der Waals surface area contributed by atoms with Crippen molar-refractivity contribution in [1.82, 2.24) is 9.80 Å². The Bertz CT molecular complexity index is 454. The van der Waals surface area contributed by atoms with Gasteiger partial charge in [-0.15, -0.1) is 0 Å². The van der Waals surface area contributed by atoms with E-state index in [1.165, 1.54) is 5.56 Å². The fraction of sp³-hybridized carbons (Fsp3) is 0.632. The van der Waals surface area contributed by atoms with Gasteiger partial charge in [0, 0.05) is 39.4 Å². The van der Waals surface area contributed by atoms with Crippen molar-refractivity contribution in [2.45, 2.75) is 33.2 Å².